The van der Waals surface area contributed by atoms with Crippen LogP contribution in [0.1, 0.15) is 15.2 Å². The zero-order valence-corrected chi connectivity index (χ0v) is 13.3. The molecular formula is C18H14ClNOS. The first-order valence-electron chi connectivity index (χ1n) is 6.89. The van der Waals surface area contributed by atoms with Crippen molar-refractivity contribution in [2.45, 2.75) is 6.54 Å². The molecule has 3 aromatic rings. The van der Waals surface area contributed by atoms with Crippen LogP contribution in [0.5, 0.6) is 0 Å². The highest BCUT2D eigenvalue weighted by atomic mass is 35.5. The SMILES string of the molecule is O=C(c1ccccc1)N(Cc1cccs1)c1ccccc1Cl. The number of benzene rings is 2. The molecule has 0 atom stereocenters. The second-order valence-electron chi connectivity index (χ2n) is 4.79. The van der Waals surface area contributed by atoms with E-state index in [9.17, 15) is 4.79 Å². The third-order valence-corrected chi connectivity index (χ3v) is 4.48. The van der Waals surface area contributed by atoms with Gasteiger partial charge in [0, 0.05) is 10.4 Å². The fourth-order valence-electron chi connectivity index (χ4n) is 2.23. The van der Waals surface area contributed by atoms with E-state index in [-0.39, 0.29) is 5.91 Å². The Kier molecular flexibility index (Phi) is 4.56. The van der Waals surface area contributed by atoms with Crippen molar-refractivity contribution in [1.82, 2.24) is 0 Å². The lowest BCUT2D eigenvalue weighted by atomic mass is 10.1. The number of halogens is 1. The van der Waals surface area contributed by atoms with Crippen LogP contribution in [0.3, 0.4) is 0 Å². The Hall–Kier alpha value is -2.10. The maximum atomic E-state index is 12.9. The van der Waals surface area contributed by atoms with Crippen LogP contribution in [0.25, 0.3) is 0 Å². The third kappa shape index (κ3) is 3.21. The Morgan fingerprint density at radius 1 is 0.955 bits per heavy atom. The lowest BCUT2D eigenvalue weighted by Gasteiger charge is -2.23. The van der Waals surface area contributed by atoms with E-state index in [0.717, 1.165) is 10.6 Å². The summed E-state index contributed by atoms with van der Waals surface area (Å²) in [6, 6.07) is 20.7. The van der Waals surface area contributed by atoms with Gasteiger partial charge in [0.2, 0.25) is 0 Å². The van der Waals surface area contributed by atoms with Crippen molar-refractivity contribution in [1.29, 1.82) is 0 Å². The van der Waals surface area contributed by atoms with E-state index >= 15 is 0 Å². The molecule has 0 saturated heterocycles. The molecule has 110 valence electrons. The Morgan fingerprint density at radius 2 is 1.68 bits per heavy atom. The Labute approximate surface area is 138 Å². The van der Waals surface area contributed by atoms with Crippen LogP contribution in [0, 0.1) is 0 Å². The van der Waals surface area contributed by atoms with Crippen molar-refractivity contribution < 1.29 is 4.79 Å². The van der Waals surface area contributed by atoms with Gasteiger partial charge in [-0.15, -0.1) is 11.3 Å². The number of para-hydroxylation sites is 1. The van der Waals surface area contributed by atoms with E-state index in [0.29, 0.717) is 17.1 Å². The summed E-state index contributed by atoms with van der Waals surface area (Å²) < 4.78 is 0. The number of anilines is 1. The first kappa shape index (κ1) is 14.8. The molecular weight excluding hydrogens is 314 g/mol. The molecule has 2 nitrogen and oxygen atoms in total. The van der Waals surface area contributed by atoms with Crippen LogP contribution in [0.15, 0.2) is 72.1 Å². The summed E-state index contributed by atoms with van der Waals surface area (Å²) in [6.45, 7) is 0.509. The third-order valence-electron chi connectivity index (χ3n) is 3.30. The molecule has 4 heteroatoms. The predicted octanol–water partition coefficient (Wildman–Crippen LogP) is 5.25. The number of hydrogen-bond acceptors (Lipinski definition) is 2. The normalized spacial score (nSPS) is 10.4. The first-order chi connectivity index (χ1) is 10.8. The van der Waals surface area contributed by atoms with Gasteiger partial charge in [0.25, 0.3) is 5.91 Å². The topological polar surface area (TPSA) is 20.3 Å². The van der Waals surface area contributed by atoms with Crippen molar-refractivity contribution in [3.63, 3.8) is 0 Å². The van der Waals surface area contributed by atoms with Crippen LogP contribution < -0.4 is 4.90 Å². The van der Waals surface area contributed by atoms with Crippen LogP contribution in [-0.2, 0) is 6.54 Å². The van der Waals surface area contributed by atoms with E-state index in [4.69, 9.17) is 11.6 Å². The van der Waals surface area contributed by atoms with E-state index in [2.05, 4.69) is 0 Å². The molecule has 2 aromatic carbocycles. The monoisotopic (exact) mass is 327 g/mol. The highest BCUT2D eigenvalue weighted by molar-refractivity contribution is 7.09. The van der Waals surface area contributed by atoms with E-state index in [1.54, 1.807) is 22.3 Å². The summed E-state index contributed by atoms with van der Waals surface area (Å²) in [5, 5.41) is 2.58. The first-order valence-corrected chi connectivity index (χ1v) is 8.15. The van der Waals surface area contributed by atoms with E-state index in [1.165, 1.54) is 0 Å². The molecule has 1 heterocycles. The number of carbonyl (C=O) groups excluding carboxylic acids is 1. The number of nitrogens with zero attached hydrogens (tertiary/aromatic N) is 1. The van der Waals surface area contributed by atoms with Gasteiger partial charge in [0.1, 0.15) is 0 Å². The minimum Gasteiger partial charge on any atom is -0.302 e. The number of rotatable bonds is 4. The van der Waals surface area contributed by atoms with Gasteiger partial charge in [-0.2, -0.15) is 0 Å². The number of thiophene rings is 1. The van der Waals surface area contributed by atoms with Gasteiger partial charge in [-0.3, -0.25) is 4.79 Å². The largest absolute Gasteiger partial charge is 0.302 e. The molecule has 0 spiro atoms. The standard InChI is InChI=1S/C18H14ClNOS/c19-16-10-4-5-11-17(16)20(13-15-9-6-12-22-15)18(21)14-7-2-1-3-8-14/h1-12H,13H2. The van der Waals surface area contributed by atoms with Crippen LogP contribution >= 0.6 is 22.9 Å². The van der Waals surface area contributed by atoms with Crippen molar-refractivity contribution in [2.24, 2.45) is 0 Å². The fraction of sp³-hybridized carbons (Fsp3) is 0.0556. The lowest BCUT2D eigenvalue weighted by molar-refractivity contribution is 0.0985. The van der Waals surface area contributed by atoms with Crippen molar-refractivity contribution in [3.05, 3.63) is 87.6 Å². The summed E-state index contributed by atoms with van der Waals surface area (Å²) >= 11 is 7.93. The van der Waals surface area contributed by atoms with Crippen LogP contribution in [-0.4, -0.2) is 5.91 Å². The quantitative estimate of drug-likeness (QED) is 0.641. The average molecular weight is 328 g/mol. The molecule has 0 radical (unpaired) electrons. The van der Waals surface area contributed by atoms with Crippen molar-refractivity contribution in [2.75, 3.05) is 4.90 Å². The highest BCUT2D eigenvalue weighted by Gasteiger charge is 2.20. The zero-order valence-electron chi connectivity index (χ0n) is 11.8. The Balaban J connectivity index is 1.99. The molecule has 0 aliphatic carbocycles. The van der Waals surface area contributed by atoms with Crippen molar-refractivity contribution in [3.8, 4) is 0 Å². The summed E-state index contributed by atoms with van der Waals surface area (Å²) in [5.41, 5.74) is 1.38. The molecule has 0 saturated carbocycles. The second-order valence-corrected chi connectivity index (χ2v) is 6.23. The fourth-order valence-corrected chi connectivity index (χ4v) is 3.16. The molecule has 0 unspecified atom stereocenters. The van der Waals surface area contributed by atoms with Gasteiger partial charge in [-0.05, 0) is 35.7 Å². The van der Waals surface area contributed by atoms with Crippen LogP contribution in [0.4, 0.5) is 5.69 Å². The molecule has 1 amide bonds. The van der Waals surface area contributed by atoms with Gasteiger partial charge in [0.15, 0.2) is 0 Å². The number of amides is 1. The van der Waals surface area contributed by atoms with Gasteiger partial charge in [0.05, 0.1) is 17.3 Å². The smallest absolute Gasteiger partial charge is 0.258 e. The molecule has 0 N–H and O–H groups in total. The predicted molar refractivity (Wildman–Crippen MR) is 92.7 cm³/mol. The minimum atomic E-state index is -0.0536. The summed E-state index contributed by atoms with van der Waals surface area (Å²) in [6.07, 6.45) is 0. The summed E-state index contributed by atoms with van der Waals surface area (Å²) in [5.74, 6) is -0.0536. The molecule has 0 fully saturated rings. The van der Waals surface area contributed by atoms with E-state index in [1.807, 2.05) is 66.0 Å². The number of hydrogen-bond donors (Lipinski definition) is 0. The maximum absolute atomic E-state index is 12.9. The lowest BCUT2D eigenvalue weighted by Crippen LogP contribution is -2.30. The van der Waals surface area contributed by atoms with E-state index < -0.39 is 0 Å². The molecule has 1 aromatic heterocycles. The number of carbonyl (C=O) groups is 1. The average Bonchev–Trinajstić information content (AvgIpc) is 3.07. The van der Waals surface area contributed by atoms with Gasteiger partial charge in [-0.25, -0.2) is 0 Å². The molecule has 0 aliphatic heterocycles. The molecule has 0 bridgehead atoms. The summed E-state index contributed by atoms with van der Waals surface area (Å²) in [4.78, 5) is 15.7. The maximum Gasteiger partial charge on any atom is 0.258 e. The Bertz CT molecular complexity index is 756. The molecule has 22 heavy (non-hydrogen) atoms. The zero-order chi connectivity index (χ0) is 15.4. The summed E-state index contributed by atoms with van der Waals surface area (Å²) in [7, 11) is 0. The van der Waals surface area contributed by atoms with Crippen molar-refractivity contribution >= 4 is 34.5 Å². The second kappa shape index (κ2) is 6.77. The van der Waals surface area contributed by atoms with Crippen LogP contribution in [0.2, 0.25) is 5.02 Å². The Morgan fingerprint density at radius 3 is 2.36 bits per heavy atom. The van der Waals surface area contributed by atoms with Gasteiger partial charge < -0.3 is 4.90 Å². The molecule has 3 rings (SSSR count). The van der Waals surface area contributed by atoms with Gasteiger partial charge >= 0.3 is 0 Å². The minimum absolute atomic E-state index is 0.0536. The van der Waals surface area contributed by atoms with Gasteiger partial charge in [-0.1, -0.05) is 48.0 Å². The molecule has 0 aliphatic rings. The highest BCUT2D eigenvalue weighted by Crippen LogP contribution is 2.29.